The molecule has 3 N–H and O–H groups in total. The maximum absolute atomic E-state index is 13.5. The van der Waals surface area contributed by atoms with Gasteiger partial charge in [-0.25, -0.2) is 12.8 Å². The van der Waals surface area contributed by atoms with Crippen LogP contribution in [0.15, 0.2) is 18.2 Å². The first kappa shape index (κ1) is 14.4. The summed E-state index contributed by atoms with van der Waals surface area (Å²) in [5, 5.41) is 10.4. The summed E-state index contributed by atoms with van der Waals surface area (Å²) in [6, 6.07) is 4.44. The van der Waals surface area contributed by atoms with Crippen LogP contribution in [0.5, 0.6) is 0 Å². The van der Waals surface area contributed by atoms with Gasteiger partial charge in [-0.3, -0.25) is 0 Å². The number of aryl methyl sites for hydroxylation is 1. The van der Waals surface area contributed by atoms with Crippen LogP contribution in [0.2, 0.25) is 0 Å². The van der Waals surface area contributed by atoms with Crippen molar-refractivity contribution in [3.63, 3.8) is 0 Å². The lowest BCUT2D eigenvalue weighted by Crippen LogP contribution is -2.38. The minimum atomic E-state index is -3.17. The minimum Gasteiger partial charge on any atom is -0.388 e. The van der Waals surface area contributed by atoms with Crippen LogP contribution in [-0.4, -0.2) is 31.6 Å². The summed E-state index contributed by atoms with van der Waals surface area (Å²) in [6.45, 7) is 1.69. The standard InChI is InChI=1S/C13H18FNO3S/c1-9-2-3-10(6-11(9)14)12(16)13(7-15)4-5-19(17,18)8-13/h2-3,6,12,16H,4-5,7-8,15H2,1H3. The molecule has 106 valence electrons. The number of hydrogen-bond donors (Lipinski definition) is 2. The monoisotopic (exact) mass is 287 g/mol. The van der Waals surface area contributed by atoms with Crippen LogP contribution in [0.3, 0.4) is 0 Å². The van der Waals surface area contributed by atoms with Gasteiger partial charge in [-0.1, -0.05) is 12.1 Å². The Kier molecular flexibility index (Phi) is 3.68. The van der Waals surface area contributed by atoms with E-state index in [9.17, 15) is 17.9 Å². The zero-order valence-corrected chi connectivity index (χ0v) is 11.6. The summed E-state index contributed by atoms with van der Waals surface area (Å²) in [5.41, 5.74) is 5.64. The van der Waals surface area contributed by atoms with E-state index in [0.717, 1.165) is 0 Å². The molecule has 19 heavy (non-hydrogen) atoms. The second kappa shape index (κ2) is 4.85. The van der Waals surface area contributed by atoms with Gasteiger partial charge in [0.1, 0.15) is 5.82 Å². The Bertz CT molecular complexity index is 588. The Morgan fingerprint density at radius 1 is 1.53 bits per heavy atom. The van der Waals surface area contributed by atoms with E-state index in [1.807, 2.05) is 0 Å². The quantitative estimate of drug-likeness (QED) is 0.866. The molecular weight excluding hydrogens is 269 g/mol. The van der Waals surface area contributed by atoms with Gasteiger partial charge in [-0.15, -0.1) is 0 Å². The van der Waals surface area contributed by atoms with Crippen molar-refractivity contribution in [1.29, 1.82) is 0 Å². The predicted molar refractivity (Wildman–Crippen MR) is 70.9 cm³/mol. The first-order chi connectivity index (χ1) is 8.80. The fourth-order valence-electron chi connectivity index (χ4n) is 2.56. The van der Waals surface area contributed by atoms with Crippen molar-refractivity contribution in [1.82, 2.24) is 0 Å². The molecule has 4 nitrogen and oxygen atoms in total. The third-order valence-corrected chi connectivity index (χ3v) is 5.76. The third-order valence-electron chi connectivity index (χ3n) is 3.92. The fourth-order valence-corrected chi connectivity index (χ4v) is 4.72. The lowest BCUT2D eigenvalue weighted by molar-refractivity contribution is 0.0469. The minimum absolute atomic E-state index is 0.0234. The van der Waals surface area contributed by atoms with Gasteiger partial charge in [0.05, 0.1) is 17.6 Å². The Morgan fingerprint density at radius 3 is 2.68 bits per heavy atom. The van der Waals surface area contributed by atoms with Crippen LogP contribution in [0.25, 0.3) is 0 Å². The molecule has 2 atom stereocenters. The van der Waals surface area contributed by atoms with Crippen molar-refractivity contribution in [2.45, 2.75) is 19.4 Å². The molecule has 6 heteroatoms. The highest BCUT2D eigenvalue weighted by Crippen LogP contribution is 2.42. The Hall–Kier alpha value is -0.980. The molecule has 1 aliphatic rings. The molecule has 1 fully saturated rings. The molecule has 0 bridgehead atoms. The molecule has 0 radical (unpaired) electrons. The summed E-state index contributed by atoms with van der Waals surface area (Å²) in [7, 11) is -3.17. The van der Waals surface area contributed by atoms with Crippen LogP contribution in [0.1, 0.15) is 23.7 Å². The molecule has 0 aliphatic carbocycles. The maximum Gasteiger partial charge on any atom is 0.151 e. The molecule has 1 aromatic carbocycles. The highest BCUT2D eigenvalue weighted by molar-refractivity contribution is 7.91. The van der Waals surface area contributed by atoms with Crippen molar-refractivity contribution in [3.05, 3.63) is 35.1 Å². The number of hydrogen-bond acceptors (Lipinski definition) is 4. The molecule has 1 saturated heterocycles. The van der Waals surface area contributed by atoms with Gasteiger partial charge in [0.15, 0.2) is 9.84 Å². The number of halogens is 1. The highest BCUT2D eigenvalue weighted by Gasteiger charge is 2.47. The SMILES string of the molecule is Cc1ccc(C(O)C2(CN)CCS(=O)(=O)C2)cc1F. The Morgan fingerprint density at radius 2 is 2.21 bits per heavy atom. The summed E-state index contributed by atoms with van der Waals surface area (Å²) in [4.78, 5) is 0. The van der Waals surface area contributed by atoms with Crippen molar-refractivity contribution < 1.29 is 17.9 Å². The number of benzene rings is 1. The maximum atomic E-state index is 13.5. The van der Waals surface area contributed by atoms with E-state index in [2.05, 4.69) is 0 Å². The Labute approximate surface area is 112 Å². The largest absolute Gasteiger partial charge is 0.388 e. The molecule has 0 saturated carbocycles. The van der Waals surface area contributed by atoms with Gasteiger partial charge in [0, 0.05) is 12.0 Å². The van der Waals surface area contributed by atoms with E-state index in [-0.39, 0.29) is 18.1 Å². The highest BCUT2D eigenvalue weighted by atomic mass is 32.2. The van der Waals surface area contributed by atoms with Gasteiger partial charge in [0.2, 0.25) is 0 Å². The van der Waals surface area contributed by atoms with Gasteiger partial charge in [0.25, 0.3) is 0 Å². The molecule has 2 rings (SSSR count). The van der Waals surface area contributed by atoms with Crippen molar-refractivity contribution in [2.24, 2.45) is 11.1 Å². The van der Waals surface area contributed by atoms with Gasteiger partial charge >= 0.3 is 0 Å². The normalized spacial score (nSPS) is 27.4. The zero-order chi connectivity index (χ0) is 14.3. The number of sulfone groups is 1. The average molecular weight is 287 g/mol. The van der Waals surface area contributed by atoms with Crippen molar-refractivity contribution in [3.8, 4) is 0 Å². The topological polar surface area (TPSA) is 80.4 Å². The first-order valence-electron chi connectivity index (χ1n) is 6.14. The summed E-state index contributed by atoms with van der Waals surface area (Å²) < 4.78 is 36.8. The van der Waals surface area contributed by atoms with Crippen molar-refractivity contribution >= 4 is 9.84 Å². The number of rotatable bonds is 3. The number of aliphatic hydroxyl groups excluding tert-OH is 1. The Balaban J connectivity index is 2.36. The predicted octanol–water partition coefficient (Wildman–Crippen LogP) is 0.931. The van der Waals surface area contributed by atoms with Crippen LogP contribution in [0, 0.1) is 18.2 Å². The molecule has 1 aliphatic heterocycles. The zero-order valence-electron chi connectivity index (χ0n) is 10.8. The smallest absolute Gasteiger partial charge is 0.151 e. The lowest BCUT2D eigenvalue weighted by Gasteiger charge is -2.32. The van der Waals surface area contributed by atoms with Crippen LogP contribution >= 0.6 is 0 Å². The molecule has 0 amide bonds. The van der Waals surface area contributed by atoms with Crippen molar-refractivity contribution in [2.75, 3.05) is 18.1 Å². The molecular formula is C13H18FNO3S. The summed E-state index contributed by atoms with van der Waals surface area (Å²) in [5.74, 6) is -0.535. The average Bonchev–Trinajstić information content (AvgIpc) is 2.69. The number of aliphatic hydroxyl groups is 1. The fraction of sp³-hybridized carbons (Fsp3) is 0.538. The third kappa shape index (κ3) is 2.66. The van der Waals surface area contributed by atoms with Gasteiger partial charge in [-0.2, -0.15) is 0 Å². The second-order valence-corrected chi connectivity index (χ2v) is 7.50. The lowest BCUT2D eigenvalue weighted by atomic mass is 9.78. The molecule has 1 heterocycles. The first-order valence-corrected chi connectivity index (χ1v) is 7.96. The van der Waals surface area contributed by atoms with Gasteiger partial charge < -0.3 is 10.8 Å². The second-order valence-electron chi connectivity index (χ2n) is 5.32. The van der Waals surface area contributed by atoms with Crippen LogP contribution in [-0.2, 0) is 9.84 Å². The van der Waals surface area contributed by atoms with E-state index in [1.165, 1.54) is 6.07 Å². The van der Waals surface area contributed by atoms with Crippen LogP contribution in [0.4, 0.5) is 4.39 Å². The molecule has 2 unspecified atom stereocenters. The molecule has 1 aromatic rings. The summed E-state index contributed by atoms with van der Waals surface area (Å²) >= 11 is 0. The number of nitrogens with two attached hydrogens (primary N) is 1. The van der Waals surface area contributed by atoms with E-state index in [1.54, 1.807) is 19.1 Å². The molecule has 0 spiro atoms. The van der Waals surface area contributed by atoms with E-state index in [0.29, 0.717) is 17.5 Å². The van der Waals surface area contributed by atoms with E-state index >= 15 is 0 Å². The molecule has 0 aromatic heterocycles. The van der Waals surface area contributed by atoms with Gasteiger partial charge in [-0.05, 0) is 30.5 Å². The van der Waals surface area contributed by atoms with E-state index < -0.39 is 27.2 Å². The van der Waals surface area contributed by atoms with Crippen LogP contribution < -0.4 is 5.73 Å². The summed E-state index contributed by atoms with van der Waals surface area (Å²) in [6.07, 6.45) is -0.757. The van der Waals surface area contributed by atoms with E-state index in [4.69, 9.17) is 5.73 Å².